The molecular weight excluding hydrogens is 188 g/mol. The number of amides is 1. The van der Waals surface area contributed by atoms with Crippen LogP contribution < -0.4 is 5.73 Å². The van der Waals surface area contributed by atoms with Crippen molar-refractivity contribution in [1.82, 2.24) is 14.5 Å². The van der Waals surface area contributed by atoms with E-state index >= 15 is 0 Å². The fraction of sp³-hybridized carbons (Fsp3) is 0.571. The third-order valence-corrected chi connectivity index (χ3v) is 2.74. The van der Waals surface area contributed by atoms with E-state index in [0.717, 1.165) is 24.5 Å². The third-order valence-electron chi connectivity index (χ3n) is 2.08. The topological polar surface area (TPSA) is 72.1 Å². The van der Waals surface area contributed by atoms with Crippen LogP contribution in [0.2, 0.25) is 0 Å². The molecule has 1 unspecified atom stereocenters. The molecule has 1 atom stereocenters. The molecule has 13 heavy (non-hydrogen) atoms. The molecule has 2 rings (SSSR count). The van der Waals surface area contributed by atoms with Gasteiger partial charge < -0.3 is 10.6 Å². The summed E-state index contributed by atoms with van der Waals surface area (Å²) >= 11 is 1.13. The molecule has 0 radical (unpaired) electrons. The third kappa shape index (κ3) is 1.68. The lowest BCUT2D eigenvalue weighted by Crippen LogP contribution is -2.31. The monoisotopic (exact) mass is 198 g/mol. The lowest BCUT2D eigenvalue weighted by atomic mass is 10.3. The molecule has 1 aliphatic rings. The molecule has 0 saturated carbocycles. The summed E-state index contributed by atoms with van der Waals surface area (Å²) in [7, 11) is 0. The van der Waals surface area contributed by atoms with Crippen LogP contribution in [0.15, 0.2) is 6.20 Å². The van der Waals surface area contributed by atoms with Crippen LogP contribution in [0, 0.1) is 0 Å². The zero-order chi connectivity index (χ0) is 9.26. The van der Waals surface area contributed by atoms with Gasteiger partial charge in [0.1, 0.15) is 4.88 Å². The molecule has 2 heterocycles. The van der Waals surface area contributed by atoms with Crippen molar-refractivity contribution in [1.29, 1.82) is 0 Å². The number of rotatable bonds is 1. The van der Waals surface area contributed by atoms with Gasteiger partial charge in [0.2, 0.25) is 0 Å². The van der Waals surface area contributed by atoms with Gasteiger partial charge in [0.25, 0.3) is 5.91 Å². The molecule has 0 spiro atoms. The van der Waals surface area contributed by atoms with Crippen molar-refractivity contribution in [2.75, 3.05) is 13.1 Å². The Bertz CT molecular complexity index is 299. The number of likely N-dealkylation sites (tertiary alicyclic amines) is 1. The van der Waals surface area contributed by atoms with Gasteiger partial charge in [-0.1, -0.05) is 4.49 Å². The summed E-state index contributed by atoms with van der Waals surface area (Å²) in [4.78, 5) is 14.0. The predicted molar refractivity (Wildman–Crippen MR) is 48.4 cm³/mol. The second-order valence-corrected chi connectivity index (χ2v) is 3.87. The van der Waals surface area contributed by atoms with Gasteiger partial charge in [-0.05, 0) is 18.0 Å². The molecule has 70 valence electrons. The van der Waals surface area contributed by atoms with Crippen LogP contribution in [0.1, 0.15) is 16.1 Å². The van der Waals surface area contributed by atoms with E-state index in [1.54, 1.807) is 4.90 Å². The Hall–Kier alpha value is -1.01. The van der Waals surface area contributed by atoms with Crippen molar-refractivity contribution >= 4 is 17.4 Å². The first-order chi connectivity index (χ1) is 6.27. The van der Waals surface area contributed by atoms with Crippen LogP contribution in [-0.2, 0) is 0 Å². The van der Waals surface area contributed by atoms with Gasteiger partial charge >= 0.3 is 0 Å². The highest BCUT2D eigenvalue weighted by Crippen LogP contribution is 2.13. The Kier molecular flexibility index (Phi) is 2.24. The lowest BCUT2D eigenvalue weighted by molar-refractivity contribution is 0.0795. The van der Waals surface area contributed by atoms with Crippen LogP contribution in [0.3, 0.4) is 0 Å². The fourth-order valence-corrected chi connectivity index (χ4v) is 1.87. The van der Waals surface area contributed by atoms with Gasteiger partial charge in [0, 0.05) is 19.1 Å². The number of hydrogen-bond donors (Lipinski definition) is 1. The fourth-order valence-electron chi connectivity index (χ4n) is 1.39. The van der Waals surface area contributed by atoms with E-state index in [-0.39, 0.29) is 11.9 Å². The molecule has 1 saturated heterocycles. The highest BCUT2D eigenvalue weighted by Gasteiger charge is 2.25. The smallest absolute Gasteiger partial charge is 0.267 e. The average Bonchev–Trinajstić information content (AvgIpc) is 2.72. The minimum atomic E-state index is 0.00273. The van der Waals surface area contributed by atoms with Crippen molar-refractivity contribution in [2.45, 2.75) is 12.5 Å². The molecule has 1 amide bonds. The molecule has 0 aromatic carbocycles. The molecule has 2 N–H and O–H groups in total. The zero-order valence-electron chi connectivity index (χ0n) is 7.01. The quantitative estimate of drug-likeness (QED) is 0.673. The van der Waals surface area contributed by atoms with E-state index in [1.165, 1.54) is 6.20 Å². The van der Waals surface area contributed by atoms with Crippen LogP contribution in [0.5, 0.6) is 0 Å². The second kappa shape index (κ2) is 3.39. The largest absolute Gasteiger partial charge is 0.336 e. The van der Waals surface area contributed by atoms with Crippen LogP contribution in [0.4, 0.5) is 0 Å². The summed E-state index contributed by atoms with van der Waals surface area (Å²) in [5.41, 5.74) is 5.69. The Balaban J connectivity index is 2.06. The van der Waals surface area contributed by atoms with E-state index < -0.39 is 0 Å². The van der Waals surface area contributed by atoms with Gasteiger partial charge in [-0.25, -0.2) is 0 Å². The van der Waals surface area contributed by atoms with Gasteiger partial charge in [-0.15, -0.1) is 5.10 Å². The SMILES string of the molecule is NC1CCN(C(=O)c2cnns2)C1. The molecule has 1 aliphatic heterocycles. The van der Waals surface area contributed by atoms with Gasteiger partial charge in [-0.3, -0.25) is 4.79 Å². The van der Waals surface area contributed by atoms with Crippen molar-refractivity contribution in [3.8, 4) is 0 Å². The summed E-state index contributed by atoms with van der Waals surface area (Å²) < 4.78 is 3.65. The molecule has 0 aliphatic carbocycles. The molecular formula is C7H10N4OS. The van der Waals surface area contributed by atoms with Crippen LogP contribution in [0.25, 0.3) is 0 Å². The minimum Gasteiger partial charge on any atom is -0.336 e. The van der Waals surface area contributed by atoms with E-state index in [2.05, 4.69) is 9.59 Å². The molecule has 6 heteroatoms. The van der Waals surface area contributed by atoms with E-state index in [4.69, 9.17) is 5.73 Å². The first-order valence-corrected chi connectivity index (χ1v) is 4.87. The van der Waals surface area contributed by atoms with Crippen LogP contribution >= 0.6 is 11.5 Å². The molecule has 0 bridgehead atoms. The van der Waals surface area contributed by atoms with Gasteiger partial charge in [0.15, 0.2) is 0 Å². The first kappa shape index (κ1) is 8.58. The van der Waals surface area contributed by atoms with E-state index in [0.29, 0.717) is 11.4 Å². The Morgan fingerprint density at radius 1 is 1.77 bits per heavy atom. The number of nitrogens with two attached hydrogens (primary N) is 1. The molecule has 1 fully saturated rings. The number of carbonyl (C=O) groups excluding carboxylic acids is 1. The molecule has 5 nitrogen and oxygen atoms in total. The summed E-state index contributed by atoms with van der Waals surface area (Å²) in [6, 6.07) is 0.129. The lowest BCUT2D eigenvalue weighted by Gasteiger charge is -2.13. The highest BCUT2D eigenvalue weighted by molar-refractivity contribution is 7.07. The standard InChI is InChI=1S/C7H10N4OS/c8-5-1-2-11(4-5)7(12)6-3-9-10-13-6/h3,5H,1-2,4,8H2. The maximum absolute atomic E-state index is 11.7. The average molecular weight is 198 g/mol. The predicted octanol–water partition coefficient (Wildman–Crippen LogP) is -0.289. The van der Waals surface area contributed by atoms with Crippen molar-refractivity contribution < 1.29 is 4.79 Å². The van der Waals surface area contributed by atoms with E-state index in [1.807, 2.05) is 0 Å². The maximum Gasteiger partial charge on any atom is 0.267 e. The Labute approximate surface area is 79.7 Å². The normalized spacial score (nSPS) is 22.2. The van der Waals surface area contributed by atoms with Gasteiger partial charge in [0.05, 0.1) is 6.20 Å². The first-order valence-electron chi connectivity index (χ1n) is 4.09. The van der Waals surface area contributed by atoms with Crippen molar-refractivity contribution in [3.05, 3.63) is 11.1 Å². The highest BCUT2D eigenvalue weighted by atomic mass is 32.1. The number of aromatic nitrogens is 2. The Morgan fingerprint density at radius 3 is 3.15 bits per heavy atom. The maximum atomic E-state index is 11.7. The summed E-state index contributed by atoms with van der Waals surface area (Å²) in [6.07, 6.45) is 2.38. The summed E-state index contributed by atoms with van der Waals surface area (Å²) in [5, 5.41) is 3.62. The molecule has 1 aromatic rings. The van der Waals surface area contributed by atoms with E-state index in [9.17, 15) is 4.79 Å². The van der Waals surface area contributed by atoms with Crippen LogP contribution in [-0.4, -0.2) is 39.5 Å². The minimum absolute atomic E-state index is 0.00273. The van der Waals surface area contributed by atoms with Crippen molar-refractivity contribution in [3.63, 3.8) is 0 Å². The second-order valence-electron chi connectivity index (χ2n) is 3.08. The summed E-state index contributed by atoms with van der Waals surface area (Å²) in [5.74, 6) is 0.00273. The molecule has 1 aromatic heterocycles. The number of nitrogens with zero attached hydrogens (tertiary/aromatic N) is 3. The van der Waals surface area contributed by atoms with Crippen molar-refractivity contribution in [2.24, 2.45) is 5.73 Å². The van der Waals surface area contributed by atoms with Gasteiger partial charge in [-0.2, -0.15) is 0 Å². The summed E-state index contributed by atoms with van der Waals surface area (Å²) in [6.45, 7) is 1.40. The number of hydrogen-bond acceptors (Lipinski definition) is 5. The zero-order valence-corrected chi connectivity index (χ0v) is 7.83. The number of carbonyl (C=O) groups is 1. The Morgan fingerprint density at radius 2 is 2.62 bits per heavy atom.